The van der Waals surface area contributed by atoms with Crippen LogP contribution in [0.25, 0.3) is 0 Å². The summed E-state index contributed by atoms with van der Waals surface area (Å²) < 4.78 is 9.93. The summed E-state index contributed by atoms with van der Waals surface area (Å²) in [5.74, 6) is 1.15. The molecule has 0 fully saturated rings. The van der Waals surface area contributed by atoms with Gasteiger partial charge in [0.05, 0.1) is 7.11 Å². The summed E-state index contributed by atoms with van der Waals surface area (Å²) in [6, 6.07) is 24.5. The van der Waals surface area contributed by atoms with Crippen LogP contribution in [0, 0.1) is 0 Å². The fourth-order valence-electron chi connectivity index (χ4n) is 4.04. The van der Waals surface area contributed by atoms with Crippen LogP contribution in [-0.2, 0) is 27.4 Å². The smallest absolute Gasteiger partial charge is 0.360 e. The summed E-state index contributed by atoms with van der Waals surface area (Å²) >= 11 is 0. The Balaban J connectivity index is 0.000000153. The van der Waals surface area contributed by atoms with Crippen molar-refractivity contribution in [3.05, 3.63) is 101 Å². The zero-order valence-corrected chi connectivity index (χ0v) is 17.7. The van der Waals surface area contributed by atoms with Crippen molar-refractivity contribution in [1.82, 2.24) is 0 Å². The molecular weight excluding hydrogens is 390 g/mol. The maximum atomic E-state index is 11.3. The molecule has 0 saturated carbocycles. The highest BCUT2D eigenvalue weighted by Gasteiger charge is 2.25. The van der Waals surface area contributed by atoms with Crippen LogP contribution in [0.15, 0.2) is 78.0 Å². The van der Waals surface area contributed by atoms with Crippen molar-refractivity contribution in [2.24, 2.45) is 5.16 Å². The van der Waals surface area contributed by atoms with E-state index in [0.717, 1.165) is 12.4 Å². The lowest BCUT2D eigenvalue weighted by molar-refractivity contribution is -0.132. The quantitative estimate of drug-likeness (QED) is 0.347. The van der Waals surface area contributed by atoms with Gasteiger partial charge in [-0.25, -0.2) is 4.79 Å². The van der Waals surface area contributed by atoms with Crippen LogP contribution in [0.1, 0.15) is 40.2 Å². The van der Waals surface area contributed by atoms with E-state index in [1.54, 1.807) is 12.1 Å². The molecule has 1 aliphatic carbocycles. The lowest BCUT2D eigenvalue weighted by Crippen LogP contribution is -2.17. The molecule has 1 aliphatic heterocycles. The standard InChI is InChI=1S/C16H14O.C10H11NO3/c1-2-4-14-11(3-1)5-7-15(14)12-6-8-16-13(9-12)10-17-16;1-13-10(12)9(11-14-2)8-6-4-3-5-7-8/h1-4,6,8-9,15H,5,7,10H2;3-7H,1-2H3. The molecule has 5 nitrogen and oxygen atoms in total. The van der Waals surface area contributed by atoms with E-state index in [0.29, 0.717) is 11.5 Å². The second-order valence-corrected chi connectivity index (χ2v) is 7.43. The van der Waals surface area contributed by atoms with Gasteiger partial charge in [0.1, 0.15) is 19.5 Å². The molecule has 0 radical (unpaired) electrons. The van der Waals surface area contributed by atoms with Gasteiger partial charge in [0.2, 0.25) is 0 Å². The molecule has 1 atom stereocenters. The van der Waals surface area contributed by atoms with Gasteiger partial charge in [-0.05, 0) is 41.7 Å². The molecule has 3 aromatic rings. The molecule has 5 heteroatoms. The second-order valence-electron chi connectivity index (χ2n) is 7.43. The lowest BCUT2D eigenvalue weighted by atomic mass is 9.91. The van der Waals surface area contributed by atoms with E-state index in [4.69, 9.17) is 4.74 Å². The number of hydrogen-bond acceptors (Lipinski definition) is 5. The molecule has 158 valence electrons. The monoisotopic (exact) mass is 415 g/mol. The minimum Gasteiger partial charge on any atom is -0.488 e. The Kier molecular flexibility index (Phi) is 6.32. The molecule has 3 aromatic carbocycles. The SMILES string of the molecule is CON=C(C(=O)OC)c1ccccc1.c1ccc2c(c1)CCC2c1ccc2c(c1)CO2. The first-order valence-electron chi connectivity index (χ1n) is 10.3. The largest absolute Gasteiger partial charge is 0.488 e. The number of hydrogen-bond donors (Lipinski definition) is 0. The van der Waals surface area contributed by atoms with Gasteiger partial charge in [0, 0.05) is 17.0 Å². The van der Waals surface area contributed by atoms with E-state index in [1.165, 1.54) is 49.3 Å². The maximum Gasteiger partial charge on any atom is 0.360 e. The third-order valence-electron chi connectivity index (χ3n) is 5.61. The molecule has 0 aromatic heterocycles. The van der Waals surface area contributed by atoms with Crippen LogP contribution in [0.5, 0.6) is 5.75 Å². The third-order valence-corrected chi connectivity index (χ3v) is 5.61. The van der Waals surface area contributed by atoms with Crippen molar-refractivity contribution in [1.29, 1.82) is 0 Å². The second kappa shape index (κ2) is 9.47. The summed E-state index contributed by atoms with van der Waals surface area (Å²) in [5, 5.41) is 3.61. The fraction of sp³-hybridized carbons (Fsp3) is 0.231. The Labute approximate surface area is 182 Å². The van der Waals surface area contributed by atoms with Gasteiger partial charge in [0.25, 0.3) is 0 Å². The van der Waals surface area contributed by atoms with E-state index in [9.17, 15) is 4.79 Å². The minimum atomic E-state index is -0.516. The summed E-state index contributed by atoms with van der Waals surface area (Å²) in [4.78, 5) is 15.8. The number of nitrogens with zero attached hydrogens (tertiary/aromatic N) is 1. The highest BCUT2D eigenvalue weighted by atomic mass is 16.6. The minimum absolute atomic E-state index is 0.163. The third kappa shape index (κ3) is 4.45. The average molecular weight is 415 g/mol. The van der Waals surface area contributed by atoms with Gasteiger partial charge in [-0.2, -0.15) is 0 Å². The summed E-state index contributed by atoms with van der Waals surface area (Å²) in [7, 11) is 2.68. The molecule has 0 spiro atoms. The number of carbonyl (C=O) groups is 1. The van der Waals surface area contributed by atoms with E-state index in [2.05, 4.69) is 57.2 Å². The number of methoxy groups -OCH3 is 1. The molecule has 0 N–H and O–H groups in total. The number of carbonyl (C=O) groups excluding carboxylic acids is 1. The predicted octanol–water partition coefficient (Wildman–Crippen LogP) is 4.87. The van der Waals surface area contributed by atoms with Crippen LogP contribution >= 0.6 is 0 Å². The number of aryl methyl sites for hydroxylation is 1. The van der Waals surface area contributed by atoms with E-state index in [1.807, 2.05) is 18.2 Å². The van der Waals surface area contributed by atoms with E-state index < -0.39 is 5.97 Å². The van der Waals surface area contributed by atoms with Crippen molar-refractivity contribution >= 4 is 11.7 Å². The van der Waals surface area contributed by atoms with Gasteiger partial charge >= 0.3 is 5.97 Å². The van der Waals surface area contributed by atoms with Crippen molar-refractivity contribution in [2.75, 3.05) is 14.2 Å². The van der Waals surface area contributed by atoms with Crippen LogP contribution in [0.3, 0.4) is 0 Å². The summed E-state index contributed by atoms with van der Waals surface area (Å²) in [6.07, 6.45) is 2.47. The number of benzene rings is 3. The topological polar surface area (TPSA) is 57.1 Å². The Morgan fingerprint density at radius 2 is 1.74 bits per heavy atom. The van der Waals surface area contributed by atoms with Crippen LogP contribution in [0.4, 0.5) is 0 Å². The molecule has 0 saturated heterocycles. The first kappa shape index (κ1) is 20.7. The Bertz CT molecular complexity index is 1090. The number of rotatable bonds is 4. The van der Waals surface area contributed by atoms with Gasteiger partial charge in [0.15, 0.2) is 5.71 Å². The molecule has 5 rings (SSSR count). The fourth-order valence-corrected chi connectivity index (χ4v) is 4.04. The van der Waals surface area contributed by atoms with Crippen LogP contribution < -0.4 is 4.74 Å². The van der Waals surface area contributed by atoms with Crippen molar-refractivity contribution in [2.45, 2.75) is 25.4 Å². The Morgan fingerprint density at radius 3 is 2.42 bits per heavy atom. The molecule has 1 heterocycles. The molecule has 2 aliphatic rings. The van der Waals surface area contributed by atoms with Gasteiger partial charge < -0.3 is 14.3 Å². The van der Waals surface area contributed by atoms with E-state index in [-0.39, 0.29) is 5.71 Å². The first-order chi connectivity index (χ1) is 15.2. The normalized spacial score (nSPS) is 15.9. The Hall–Kier alpha value is -3.60. The molecule has 1 unspecified atom stereocenters. The zero-order chi connectivity index (χ0) is 21.6. The first-order valence-corrected chi connectivity index (χ1v) is 10.3. The van der Waals surface area contributed by atoms with Crippen molar-refractivity contribution < 1.29 is 19.1 Å². The van der Waals surface area contributed by atoms with E-state index >= 15 is 0 Å². The van der Waals surface area contributed by atoms with Crippen molar-refractivity contribution in [3.8, 4) is 5.75 Å². The van der Waals surface area contributed by atoms with Crippen LogP contribution in [-0.4, -0.2) is 25.9 Å². The van der Waals surface area contributed by atoms with Gasteiger partial charge in [-0.15, -0.1) is 0 Å². The zero-order valence-electron chi connectivity index (χ0n) is 17.7. The molecule has 0 amide bonds. The van der Waals surface area contributed by atoms with Crippen molar-refractivity contribution in [3.63, 3.8) is 0 Å². The number of fused-ring (bicyclic) bond motifs is 2. The number of oxime groups is 1. The lowest BCUT2D eigenvalue weighted by Gasteiger charge is -2.22. The average Bonchev–Trinajstić information content (AvgIpc) is 3.23. The highest BCUT2D eigenvalue weighted by molar-refractivity contribution is 6.43. The van der Waals surface area contributed by atoms with Gasteiger partial charge in [-0.3, -0.25) is 0 Å². The molecule has 0 bridgehead atoms. The highest BCUT2D eigenvalue weighted by Crippen LogP contribution is 2.40. The predicted molar refractivity (Wildman–Crippen MR) is 119 cm³/mol. The van der Waals surface area contributed by atoms with Crippen LogP contribution in [0.2, 0.25) is 0 Å². The summed E-state index contributed by atoms with van der Waals surface area (Å²) in [6.45, 7) is 0.789. The number of ether oxygens (including phenoxy) is 2. The summed E-state index contributed by atoms with van der Waals surface area (Å²) in [5.41, 5.74) is 6.70. The molecular formula is C26H25NO4. The molecule has 31 heavy (non-hydrogen) atoms. The number of esters is 1. The maximum absolute atomic E-state index is 11.3. The van der Waals surface area contributed by atoms with Gasteiger partial charge in [-0.1, -0.05) is 65.8 Å². The Morgan fingerprint density at radius 1 is 0.968 bits per heavy atom.